The first-order chi connectivity index (χ1) is 9.63. The fraction of sp³-hybridized carbons (Fsp3) is 0.533. The van der Waals surface area contributed by atoms with Gasteiger partial charge in [-0.2, -0.15) is 0 Å². The van der Waals surface area contributed by atoms with Crippen LogP contribution in [0.15, 0.2) is 18.2 Å². The quantitative estimate of drug-likeness (QED) is 0.900. The Morgan fingerprint density at radius 1 is 1.40 bits per heavy atom. The van der Waals surface area contributed by atoms with E-state index in [2.05, 4.69) is 5.32 Å². The van der Waals surface area contributed by atoms with Crippen LogP contribution in [-0.4, -0.2) is 36.5 Å². The Morgan fingerprint density at radius 3 is 2.65 bits per heavy atom. The molecule has 2 rings (SSSR count). The lowest BCUT2D eigenvalue weighted by molar-refractivity contribution is 0.0732. The Kier molecular flexibility index (Phi) is 5.06. The molecule has 110 valence electrons. The van der Waals surface area contributed by atoms with Crippen molar-refractivity contribution in [3.8, 4) is 0 Å². The molecule has 1 fully saturated rings. The summed E-state index contributed by atoms with van der Waals surface area (Å²) in [5.41, 5.74) is -0.445. The van der Waals surface area contributed by atoms with Crippen LogP contribution in [0.1, 0.15) is 36.5 Å². The summed E-state index contributed by atoms with van der Waals surface area (Å²) in [6, 6.07) is 3.73. The molecule has 1 N–H and O–H groups in total. The van der Waals surface area contributed by atoms with E-state index in [0.717, 1.165) is 37.9 Å². The lowest BCUT2D eigenvalue weighted by Crippen LogP contribution is -2.42. The van der Waals surface area contributed by atoms with E-state index in [9.17, 15) is 13.6 Å². The second-order valence-corrected chi connectivity index (χ2v) is 5.14. The van der Waals surface area contributed by atoms with Crippen molar-refractivity contribution >= 4 is 5.91 Å². The normalized spacial score (nSPS) is 18.2. The topological polar surface area (TPSA) is 32.3 Å². The van der Waals surface area contributed by atoms with Crippen molar-refractivity contribution in [3.05, 3.63) is 35.4 Å². The van der Waals surface area contributed by atoms with Crippen molar-refractivity contribution in [2.24, 2.45) is 0 Å². The van der Waals surface area contributed by atoms with Crippen LogP contribution in [0, 0.1) is 11.6 Å². The molecule has 0 bridgehead atoms. The Labute approximate surface area is 118 Å². The van der Waals surface area contributed by atoms with Gasteiger partial charge in [0, 0.05) is 19.1 Å². The first-order valence-corrected chi connectivity index (χ1v) is 7.10. The standard InChI is InChI=1S/C15H20F2N2O/c1-2-9-19(10-11-5-4-8-18-11)15(20)14-12(16)6-3-7-13(14)17/h3,6-7,11,18H,2,4-5,8-10H2,1H3. The summed E-state index contributed by atoms with van der Waals surface area (Å²) in [6.07, 6.45) is 2.83. The summed E-state index contributed by atoms with van der Waals surface area (Å²) in [5.74, 6) is -2.15. The van der Waals surface area contributed by atoms with Gasteiger partial charge in [-0.3, -0.25) is 4.79 Å². The van der Waals surface area contributed by atoms with E-state index in [0.29, 0.717) is 13.1 Å². The molecule has 5 heteroatoms. The maximum atomic E-state index is 13.7. The van der Waals surface area contributed by atoms with Gasteiger partial charge in [0.1, 0.15) is 17.2 Å². The fourth-order valence-electron chi connectivity index (χ4n) is 2.58. The Hall–Kier alpha value is -1.49. The summed E-state index contributed by atoms with van der Waals surface area (Å²) in [6.45, 7) is 3.89. The number of hydrogen-bond donors (Lipinski definition) is 1. The number of hydrogen-bond acceptors (Lipinski definition) is 2. The molecule has 1 unspecified atom stereocenters. The molecule has 20 heavy (non-hydrogen) atoms. The second-order valence-electron chi connectivity index (χ2n) is 5.14. The Morgan fingerprint density at radius 2 is 2.10 bits per heavy atom. The average Bonchev–Trinajstić information content (AvgIpc) is 2.91. The second kappa shape index (κ2) is 6.79. The number of carbonyl (C=O) groups is 1. The van der Waals surface area contributed by atoms with Gasteiger partial charge in [-0.1, -0.05) is 13.0 Å². The lowest BCUT2D eigenvalue weighted by atomic mass is 10.1. The zero-order valence-electron chi connectivity index (χ0n) is 11.7. The van der Waals surface area contributed by atoms with E-state index in [1.165, 1.54) is 6.07 Å². The molecule has 1 amide bonds. The third-order valence-electron chi connectivity index (χ3n) is 3.56. The van der Waals surface area contributed by atoms with Crippen LogP contribution in [-0.2, 0) is 0 Å². The number of halogens is 2. The van der Waals surface area contributed by atoms with Crippen molar-refractivity contribution in [2.75, 3.05) is 19.6 Å². The van der Waals surface area contributed by atoms with Gasteiger partial charge >= 0.3 is 0 Å². The van der Waals surface area contributed by atoms with Crippen molar-refractivity contribution in [3.63, 3.8) is 0 Å². The van der Waals surface area contributed by atoms with Crippen molar-refractivity contribution < 1.29 is 13.6 Å². The van der Waals surface area contributed by atoms with Crippen molar-refractivity contribution in [2.45, 2.75) is 32.2 Å². The number of carbonyl (C=O) groups excluding carboxylic acids is 1. The predicted molar refractivity (Wildman–Crippen MR) is 73.6 cm³/mol. The van der Waals surface area contributed by atoms with Crippen LogP contribution in [0.25, 0.3) is 0 Å². The van der Waals surface area contributed by atoms with Crippen molar-refractivity contribution in [1.29, 1.82) is 0 Å². The van der Waals surface area contributed by atoms with Crippen LogP contribution in [0.5, 0.6) is 0 Å². The Balaban J connectivity index is 2.17. The maximum Gasteiger partial charge on any atom is 0.259 e. The number of nitrogens with zero attached hydrogens (tertiary/aromatic N) is 1. The minimum absolute atomic E-state index is 0.223. The average molecular weight is 282 g/mol. The third-order valence-corrected chi connectivity index (χ3v) is 3.56. The van der Waals surface area contributed by atoms with E-state index in [-0.39, 0.29) is 6.04 Å². The molecule has 1 heterocycles. The molecule has 1 saturated heterocycles. The molecule has 0 aliphatic carbocycles. The molecule has 1 aliphatic heterocycles. The summed E-state index contributed by atoms with van der Waals surface area (Å²) in [5, 5.41) is 3.30. The number of benzene rings is 1. The minimum Gasteiger partial charge on any atom is -0.337 e. The lowest BCUT2D eigenvalue weighted by Gasteiger charge is -2.26. The molecule has 1 aromatic carbocycles. The van der Waals surface area contributed by atoms with E-state index < -0.39 is 23.1 Å². The van der Waals surface area contributed by atoms with Gasteiger partial charge in [0.15, 0.2) is 0 Å². The highest BCUT2D eigenvalue weighted by Gasteiger charge is 2.25. The number of rotatable bonds is 5. The molecule has 1 aliphatic rings. The van der Waals surface area contributed by atoms with Gasteiger partial charge in [0.05, 0.1) is 0 Å². The van der Waals surface area contributed by atoms with Crippen LogP contribution in [0.2, 0.25) is 0 Å². The molecule has 3 nitrogen and oxygen atoms in total. The van der Waals surface area contributed by atoms with Gasteiger partial charge < -0.3 is 10.2 Å². The maximum absolute atomic E-state index is 13.7. The highest BCUT2D eigenvalue weighted by molar-refractivity contribution is 5.94. The van der Waals surface area contributed by atoms with Gasteiger partial charge in [-0.25, -0.2) is 8.78 Å². The van der Waals surface area contributed by atoms with Crippen molar-refractivity contribution in [1.82, 2.24) is 10.2 Å². The number of amides is 1. The van der Waals surface area contributed by atoms with Crippen LogP contribution in [0.3, 0.4) is 0 Å². The van der Waals surface area contributed by atoms with Crippen LogP contribution < -0.4 is 5.32 Å². The molecule has 1 atom stereocenters. The van der Waals surface area contributed by atoms with Gasteiger partial charge in [-0.05, 0) is 37.9 Å². The zero-order chi connectivity index (χ0) is 14.5. The summed E-state index contributed by atoms with van der Waals surface area (Å²) < 4.78 is 27.4. The smallest absolute Gasteiger partial charge is 0.259 e. The number of nitrogens with one attached hydrogen (secondary N) is 1. The van der Waals surface area contributed by atoms with E-state index in [4.69, 9.17) is 0 Å². The first kappa shape index (κ1) is 14.9. The van der Waals surface area contributed by atoms with E-state index >= 15 is 0 Å². The molecule has 0 spiro atoms. The van der Waals surface area contributed by atoms with Crippen LogP contribution >= 0.6 is 0 Å². The Bertz CT molecular complexity index is 453. The van der Waals surface area contributed by atoms with E-state index in [1.54, 1.807) is 4.90 Å². The van der Waals surface area contributed by atoms with Crippen LogP contribution in [0.4, 0.5) is 8.78 Å². The predicted octanol–water partition coefficient (Wildman–Crippen LogP) is 2.57. The molecule has 1 aromatic rings. The molecule has 0 aromatic heterocycles. The monoisotopic (exact) mass is 282 g/mol. The fourth-order valence-corrected chi connectivity index (χ4v) is 2.58. The minimum atomic E-state index is -0.796. The zero-order valence-corrected chi connectivity index (χ0v) is 11.7. The highest BCUT2D eigenvalue weighted by Crippen LogP contribution is 2.16. The van der Waals surface area contributed by atoms with Gasteiger partial charge in [0.2, 0.25) is 0 Å². The van der Waals surface area contributed by atoms with Gasteiger partial charge in [-0.15, -0.1) is 0 Å². The summed E-state index contributed by atoms with van der Waals surface area (Å²) in [7, 11) is 0. The first-order valence-electron chi connectivity index (χ1n) is 7.10. The molecular weight excluding hydrogens is 262 g/mol. The molecule has 0 radical (unpaired) electrons. The van der Waals surface area contributed by atoms with E-state index in [1.807, 2.05) is 6.92 Å². The molecule has 0 saturated carbocycles. The highest BCUT2D eigenvalue weighted by atomic mass is 19.1. The summed E-state index contributed by atoms with van der Waals surface area (Å²) in [4.78, 5) is 13.9. The molecular formula is C15H20F2N2O. The third kappa shape index (κ3) is 3.33. The largest absolute Gasteiger partial charge is 0.337 e. The SMILES string of the molecule is CCCN(CC1CCCN1)C(=O)c1c(F)cccc1F. The van der Waals surface area contributed by atoms with Gasteiger partial charge in [0.25, 0.3) is 5.91 Å². The summed E-state index contributed by atoms with van der Waals surface area (Å²) >= 11 is 0.